The van der Waals surface area contributed by atoms with Crippen LogP contribution in [0.4, 0.5) is 0 Å². The van der Waals surface area contributed by atoms with Crippen molar-refractivity contribution >= 4 is 23.6 Å². The van der Waals surface area contributed by atoms with E-state index in [1.54, 1.807) is 11.8 Å². The Kier molecular flexibility index (Phi) is 5.47. The Labute approximate surface area is 103 Å². The summed E-state index contributed by atoms with van der Waals surface area (Å²) >= 11 is 1.71. The van der Waals surface area contributed by atoms with Gasteiger partial charge in [-0.2, -0.15) is 11.8 Å². The number of thioether (sulfide) groups is 1. The van der Waals surface area contributed by atoms with E-state index in [1.807, 2.05) is 6.26 Å². The van der Waals surface area contributed by atoms with E-state index in [4.69, 9.17) is 5.11 Å². The molecule has 1 heterocycles. The Hall–Kier alpha value is -1.57. The van der Waals surface area contributed by atoms with Crippen molar-refractivity contribution in [1.82, 2.24) is 20.3 Å². The van der Waals surface area contributed by atoms with Crippen LogP contribution in [0.15, 0.2) is 6.20 Å². The van der Waals surface area contributed by atoms with E-state index >= 15 is 0 Å². The summed E-state index contributed by atoms with van der Waals surface area (Å²) in [5, 5.41) is 18.4. The molecule has 2 N–H and O–H groups in total. The summed E-state index contributed by atoms with van der Waals surface area (Å²) in [6.07, 6.45) is 4.20. The van der Waals surface area contributed by atoms with Gasteiger partial charge in [0.25, 0.3) is 5.91 Å². The van der Waals surface area contributed by atoms with E-state index in [0.717, 1.165) is 16.9 Å². The number of hydrogen-bond acceptors (Lipinski definition) is 5. The maximum Gasteiger partial charge on any atom is 0.325 e. The largest absolute Gasteiger partial charge is 0.480 e. The van der Waals surface area contributed by atoms with Gasteiger partial charge in [-0.1, -0.05) is 5.21 Å². The van der Waals surface area contributed by atoms with Gasteiger partial charge in [0.1, 0.15) is 6.54 Å². The zero-order valence-corrected chi connectivity index (χ0v) is 10.2. The molecule has 7 nitrogen and oxygen atoms in total. The fraction of sp³-hybridized carbons (Fsp3) is 0.556. The summed E-state index contributed by atoms with van der Waals surface area (Å²) in [6.45, 7) is 0.276. The number of aliphatic carboxylic acids is 1. The van der Waals surface area contributed by atoms with E-state index < -0.39 is 5.97 Å². The third kappa shape index (κ3) is 4.85. The van der Waals surface area contributed by atoms with Crippen LogP contribution in [-0.2, 0) is 11.3 Å². The van der Waals surface area contributed by atoms with Crippen LogP contribution >= 0.6 is 11.8 Å². The first-order valence-corrected chi connectivity index (χ1v) is 6.42. The fourth-order valence-electron chi connectivity index (χ4n) is 1.13. The molecule has 0 saturated carbocycles. The van der Waals surface area contributed by atoms with Gasteiger partial charge in [0.05, 0.1) is 6.20 Å². The van der Waals surface area contributed by atoms with Gasteiger partial charge in [-0.05, 0) is 18.4 Å². The molecule has 0 fully saturated rings. The molecule has 0 aliphatic carbocycles. The van der Waals surface area contributed by atoms with E-state index in [-0.39, 0.29) is 18.1 Å². The number of aromatic nitrogens is 3. The van der Waals surface area contributed by atoms with Crippen LogP contribution in [0.5, 0.6) is 0 Å². The van der Waals surface area contributed by atoms with Crippen molar-refractivity contribution in [3.8, 4) is 0 Å². The lowest BCUT2D eigenvalue weighted by atomic mass is 10.4. The zero-order valence-electron chi connectivity index (χ0n) is 9.42. The summed E-state index contributed by atoms with van der Waals surface area (Å²) in [4.78, 5) is 21.9. The molecule has 0 aromatic carbocycles. The van der Waals surface area contributed by atoms with Gasteiger partial charge >= 0.3 is 5.97 Å². The smallest absolute Gasteiger partial charge is 0.325 e. The highest BCUT2D eigenvalue weighted by atomic mass is 32.2. The van der Waals surface area contributed by atoms with E-state index in [2.05, 4.69) is 15.6 Å². The second-order valence-electron chi connectivity index (χ2n) is 3.30. The molecule has 0 atom stereocenters. The average molecular weight is 258 g/mol. The number of carbonyl (C=O) groups excluding carboxylic acids is 1. The summed E-state index contributed by atoms with van der Waals surface area (Å²) in [6, 6.07) is 0. The minimum atomic E-state index is -1.03. The Bertz CT molecular complexity index is 393. The van der Waals surface area contributed by atoms with Crippen LogP contribution in [0.25, 0.3) is 0 Å². The topological polar surface area (TPSA) is 97.1 Å². The van der Waals surface area contributed by atoms with Gasteiger partial charge in [-0.25, -0.2) is 4.68 Å². The van der Waals surface area contributed by atoms with Gasteiger partial charge in [0, 0.05) is 6.54 Å². The van der Waals surface area contributed by atoms with Crippen molar-refractivity contribution in [3.63, 3.8) is 0 Å². The summed E-state index contributed by atoms with van der Waals surface area (Å²) in [7, 11) is 0. The van der Waals surface area contributed by atoms with Crippen LogP contribution in [-0.4, -0.2) is 50.5 Å². The third-order valence-corrected chi connectivity index (χ3v) is 2.58. The highest BCUT2D eigenvalue weighted by Gasteiger charge is 2.11. The molecule has 0 saturated heterocycles. The Morgan fingerprint density at radius 3 is 3.00 bits per heavy atom. The predicted molar refractivity (Wildman–Crippen MR) is 63.0 cm³/mol. The molecule has 1 rings (SSSR count). The van der Waals surface area contributed by atoms with E-state index in [0.29, 0.717) is 6.54 Å². The SMILES string of the molecule is CSCCCNC(=O)c1cn(CC(=O)O)nn1. The van der Waals surface area contributed by atoms with Gasteiger partial charge in [-0.15, -0.1) is 5.10 Å². The van der Waals surface area contributed by atoms with E-state index in [1.165, 1.54) is 6.20 Å². The summed E-state index contributed by atoms with van der Waals surface area (Å²) in [5.74, 6) is -0.379. The van der Waals surface area contributed by atoms with Gasteiger partial charge in [0.2, 0.25) is 0 Å². The van der Waals surface area contributed by atoms with Crippen molar-refractivity contribution in [2.24, 2.45) is 0 Å². The standard InChI is InChI=1S/C9H14N4O3S/c1-17-4-2-3-10-9(16)7-5-13(12-11-7)6-8(14)15/h5H,2-4,6H2,1H3,(H,10,16)(H,14,15). The number of nitrogens with zero attached hydrogens (tertiary/aromatic N) is 3. The quantitative estimate of drug-likeness (QED) is 0.660. The van der Waals surface area contributed by atoms with Gasteiger partial charge < -0.3 is 10.4 Å². The maximum atomic E-state index is 11.5. The van der Waals surface area contributed by atoms with Gasteiger partial charge in [0.15, 0.2) is 5.69 Å². The molecule has 17 heavy (non-hydrogen) atoms. The Morgan fingerprint density at radius 1 is 1.59 bits per heavy atom. The number of carbonyl (C=O) groups is 2. The lowest BCUT2D eigenvalue weighted by Gasteiger charge is -2.00. The van der Waals surface area contributed by atoms with Crippen LogP contribution in [0, 0.1) is 0 Å². The molecule has 0 radical (unpaired) electrons. The summed E-state index contributed by atoms with van der Waals surface area (Å²) < 4.78 is 1.11. The molecular weight excluding hydrogens is 244 g/mol. The number of carboxylic acids is 1. The highest BCUT2D eigenvalue weighted by molar-refractivity contribution is 7.98. The normalized spacial score (nSPS) is 10.2. The minimum Gasteiger partial charge on any atom is -0.480 e. The summed E-state index contributed by atoms with van der Waals surface area (Å²) in [5.41, 5.74) is 0.135. The number of nitrogens with one attached hydrogen (secondary N) is 1. The van der Waals surface area contributed by atoms with Gasteiger partial charge in [-0.3, -0.25) is 9.59 Å². The van der Waals surface area contributed by atoms with E-state index in [9.17, 15) is 9.59 Å². The van der Waals surface area contributed by atoms with Crippen molar-refractivity contribution in [2.45, 2.75) is 13.0 Å². The molecule has 0 spiro atoms. The van der Waals surface area contributed by atoms with Crippen molar-refractivity contribution in [3.05, 3.63) is 11.9 Å². The number of carboxylic acid groups (broad SMARTS) is 1. The number of amides is 1. The monoisotopic (exact) mass is 258 g/mol. The number of rotatable bonds is 7. The fourth-order valence-corrected chi connectivity index (χ4v) is 1.56. The molecule has 1 aromatic rings. The van der Waals surface area contributed by atoms with Crippen molar-refractivity contribution in [1.29, 1.82) is 0 Å². The molecule has 0 aliphatic rings. The highest BCUT2D eigenvalue weighted by Crippen LogP contribution is 1.96. The first kappa shape index (κ1) is 13.5. The molecule has 8 heteroatoms. The molecule has 1 aromatic heterocycles. The van der Waals surface area contributed by atoms with Crippen LogP contribution in [0.1, 0.15) is 16.9 Å². The first-order chi connectivity index (χ1) is 8.13. The second-order valence-corrected chi connectivity index (χ2v) is 4.28. The van der Waals surface area contributed by atoms with Crippen LogP contribution < -0.4 is 5.32 Å². The van der Waals surface area contributed by atoms with Crippen LogP contribution in [0.3, 0.4) is 0 Å². The van der Waals surface area contributed by atoms with Crippen LogP contribution in [0.2, 0.25) is 0 Å². The molecule has 0 bridgehead atoms. The maximum absolute atomic E-state index is 11.5. The number of hydrogen-bond donors (Lipinski definition) is 2. The molecule has 0 aliphatic heterocycles. The Morgan fingerprint density at radius 2 is 2.35 bits per heavy atom. The first-order valence-electron chi connectivity index (χ1n) is 5.02. The molecule has 94 valence electrons. The van der Waals surface area contributed by atoms with Crippen molar-refractivity contribution < 1.29 is 14.7 Å². The lowest BCUT2D eigenvalue weighted by molar-refractivity contribution is -0.137. The van der Waals surface area contributed by atoms with Crippen molar-refractivity contribution in [2.75, 3.05) is 18.6 Å². The second kappa shape index (κ2) is 6.89. The lowest BCUT2D eigenvalue weighted by Crippen LogP contribution is -2.25. The minimum absolute atomic E-state index is 0.135. The Balaban J connectivity index is 2.41. The zero-order chi connectivity index (χ0) is 12.7. The average Bonchev–Trinajstić information content (AvgIpc) is 2.71. The molecule has 1 amide bonds. The predicted octanol–water partition coefficient (Wildman–Crippen LogP) is -0.154. The molecular formula is C9H14N4O3S. The third-order valence-electron chi connectivity index (χ3n) is 1.88. The molecule has 0 unspecified atom stereocenters.